The summed E-state index contributed by atoms with van der Waals surface area (Å²) in [5.74, 6) is -5.59. The minimum Gasteiger partial charge on any atom is -0.481 e. The Morgan fingerprint density at radius 1 is 1.29 bits per heavy atom. The fourth-order valence-electron chi connectivity index (χ4n) is 1.13. The molecule has 0 fully saturated rings. The van der Waals surface area contributed by atoms with Crippen molar-refractivity contribution in [3.8, 4) is 0 Å². The summed E-state index contributed by atoms with van der Waals surface area (Å²) in [7, 11) is -1.98. The second-order valence-electron chi connectivity index (χ2n) is 3.26. The summed E-state index contributed by atoms with van der Waals surface area (Å²) < 4.78 is 48.5. The van der Waals surface area contributed by atoms with E-state index in [1.807, 2.05) is 0 Å². The maximum absolute atomic E-state index is 12.3. The van der Waals surface area contributed by atoms with Crippen LogP contribution in [0.5, 0.6) is 0 Å². The number of halogens is 3. The van der Waals surface area contributed by atoms with Crippen LogP contribution in [0, 0.1) is 5.92 Å². The Balaban J connectivity index is 2.83. The van der Waals surface area contributed by atoms with Gasteiger partial charge in [-0.3, -0.25) is 9.00 Å². The summed E-state index contributed by atoms with van der Waals surface area (Å²) in [6.45, 7) is 0. The first-order valence-electron chi connectivity index (χ1n) is 4.55. The molecule has 1 aromatic carbocycles. The zero-order valence-electron chi connectivity index (χ0n) is 8.48. The summed E-state index contributed by atoms with van der Waals surface area (Å²) in [6.07, 6.45) is -4.89. The number of alkyl halides is 3. The summed E-state index contributed by atoms with van der Waals surface area (Å²) in [6, 6.07) is 7.46. The molecule has 3 nitrogen and oxygen atoms in total. The molecule has 0 saturated carbocycles. The van der Waals surface area contributed by atoms with Crippen molar-refractivity contribution in [1.29, 1.82) is 0 Å². The number of hydrogen-bond donors (Lipinski definition) is 1. The third-order valence-electron chi connectivity index (χ3n) is 2.02. The van der Waals surface area contributed by atoms with Gasteiger partial charge in [-0.25, -0.2) is 0 Å². The SMILES string of the molecule is O=C(O)C(CS(=O)c1ccccc1)C(F)(F)F. The Morgan fingerprint density at radius 2 is 1.82 bits per heavy atom. The number of aliphatic carboxylic acids is 1. The monoisotopic (exact) mass is 266 g/mol. The largest absolute Gasteiger partial charge is 0.481 e. The third kappa shape index (κ3) is 3.85. The minimum absolute atomic E-state index is 0.183. The molecule has 0 radical (unpaired) electrons. The third-order valence-corrected chi connectivity index (χ3v) is 3.45. The highest BCUT2D eigenvalue weighted by atomic mass is 32.2. The van der Waals surface area contributed by atoms with Gasteiger partial charge in [0, 0.05) is 4.90 Å². The topological polar surface area (TPSA) is 54.4 Å². The normalized spacial score (nSPS) is 15.2. The van der Waals surface area contributed by atoms with Crippen LogP contribution in [0.15, 0.2) is 35.2 Å². The summed E-state index contributed by atoms with van der Waals surface area (Å²) >= 11 is 0. The van der Waals surface area contributed by atoms with Crippen LogP contribution >= 0.6 is 0 Å². The molecule has 0 saturated heterocycles. The van der Waals surface area contributed by atoms with Gasteiger partial charge in [-0.2, -0.15) is 13.2 Å². The van der Waals surface area contributed by atoms with E-state index in [0.29, 0.717) is 0 Å². The maximum Gasteiger partial charge on any atom is 0.403 e. The molecule has 1 aromatic rings. The van der Waals surface area contributed by atoms with Crippen LogP contribution in [0.3, 0.4) is 0 Å². The van der Waals surface area contributed by atoms with Gasteiger partial charge in [0.05, 0.1) is 16.6 Å². The fourth-order valence-corrected chi connectivity index (χ4v) is 2.41. The van der Waals surface area contributed by atoms with Crippen molar-refractivity contribution in [2.24, 2.45) is 5.92 Å². The van der Waals surface area contributed by atoms with Gasteiger partial charge in [-0.1, -0.05) is 18.2 Å². The molecule has 0 aliphatic heterocycles. The van der Waals surface area contributed by atoms with Crippen molar-refractivity contribution in [2.75, 3.05) is 5.75 Å². The van der Waals surface area contributed by atoms with E-state index in [-0.39, 0.29) is 4.90 Å². The molecular formula is C10H9F3O3S. The van der Waals surface area contributed by atoms with Gasteiger partial charge in [-0.05, 0) is 12.1 Å². The Morgan fingerprint density at radius 3 is 2.24 bits per heavy atom. The van der Waals surface area contributed by atoms with Crippen molar-refractivity contribution < 1.29 is 27.3 Å². The first-order valence-corrected chi connectivity index (χ1v) is 5.87. The molecule has 0 aliphatic carbocycles. The van der Waals surface area contributed by atoms with E-state index in [2.05, 4.69) is 0 Å². The number of rotatable bonds is 4. The van der Waals surface area contributed by atoms with E-state index < -0.39 is 34.6 Å². The standard InChI is InChI=1S/C10H9F3O3S/c11-10(12,13)8(9(14)15)6-17(16)7-4-2-1-3-5-7/h1-5,8H,6H2,(H,14,15). The zero-order valence-corrected chi connectivity index (χ0v) is 9.29. The molecule has 0 spiro atoms. The lowest BCUT2D eigenvalue weighted by atomic mass is 10.2. The van der Waals surface area contributed by atoms with Crippen molar-refractivity contribution in [2.45, 2.75) is 11.1 Å². The van der Waals surface area contributed by atoms with Gasteiger partial charge in [0.1, 0.15) is 0 Å². The molecule has 0 aromatic heterocycles. The predicted octanol–water partition coefficient (Wildman–Crippen LogP) is 2.06. The fraction of sp³-hybridized carbons (Fsp3) is 0.300. The van der Waals surface area contributed by atoms with E-state index in [1.165, 1.54) is 24.3 Å². The quantitative estimate of drug-likeness (QED) is 0.907. The Bertz CT molecular complexity index is 417. The van der Waals surface area contributed by atoms with Crippen LogP contribution in [0.2, 0.25) is 0 Å². The molecule has 2 atom stereocenters. The van der Waals surface area contributed by atoms with E-state index in [4.69, 9.17) is 5.11 Å². The molecule has 7 heteroatoms. The Kier molecular flexibility index (Phi) is 4.28. The highest BCUT2D eigenvalue weighted by molar-refractivity contribution is 7.85. The van der Waals surface area contributed by atoms with Crippen LogP contribution in [-0.4, -0.2) is 27.2 Å². The van der Waals surface area contributed by atoms with Gasteiger partial charge in [0.25, 0.3) is 0 Å². The van der Waals surface area contributed by atoms with Crippen LogP contribution in [0.1, 0.15) is 0 Å². The number of carboxylic acids is 1. The lowest BCUT2D eigenvalue weighted by Crippen LogP contribution is -2.35. The molecule has 17 heavy (non-hydrogen) atoms. The van der Waals surface area contributed by atoms with Crippen molar-refractivity contribution in [3.05, 3.63) is 30.3 Å². The number of benzene rings is 1. The molecule has 1 N–H and O–H groups in total. The molecule has 0 heterocycles. The lowest BCUT2D eigenvalue weighted by molar-refractivity contribution is -0.188. The lowest BCUT2D eigenvalue weighted by Gasteiger charge is -2.15. The zero-order chi connectivity index (χ0) is 13.1. The van der Waals surface area contributed by atoms with E-state index in [1.54, 1.807) is 6.07 Å². The summed E-state index contributed by atoms with van der Waals surface area (Å²) in [4.78, 5) is 10.6. The summed E-state index contributed by atoms with van der Waals surface area (Å²) in [5, 5.41) is 8.45. The van der Waals surface area contributed by atoms with Crippen LogP contribution in [0.4, 0.5) is 13.2 Å². The molecule has 0 aliphatic rings. The van der Waals surface area contributed by atoms with Crippen molar-refractivity contribution in [1.82, 2.24) is 0 Å². The van der Waals surface area contributed by atoms with Gasteiger partial charge in [0.2, 0.25) is 0 Å². The second kappa shape index (κ2) is 5.31. The second-order valence-corrected chi connectivity index (χ2v) is 4.75. The molecule has 0 amide bonds. The van der Waals surface area contributed by atoms with E-state index in [9.17, 15) is 22.2 Å². The smallest absolute Gasteiger partial charge is 0.403 e. The van der Waals surface area contributed by atoms with Gasteiger partial charge < -0.3 is 5.11 Å². The predicted molar refractivity (Wildman–Crippen MR) is 54.9 cm³/mol. The number of carboxylic acid groups (broad SMARTS) is 1. The minimum atomic E-state index is -4.89. The molecule has 94 valence electrons. The first kappa shape index (κ1) is 13.7. The average molecular weight is 266 g/mol. The molecule has 2 unspecified atom stereocenters. The van der Waals surface area contributed by atoms with Gasteiger partial charge in [-0.15, -0.1) is 0 Å². The highest BCUT2D eigenvalue weighted by Gasteiger charge is 2.46. The Hall–Kier alpha value is -1.37. The Labute approximate surface area is 97.7 Å². The van der Waals surface area contributed by atoms with Crippen molar-refractivity contribution >= 4 is 16.8 Å². The van der Waals surface area contributed by atoms with Crippen LogP contribution in [0.25, 0.3) is 0 Å². The van der Waals surface area contributed by atoms with Crippen molar-refractivity contribution in [3.63, 3.8) is 0 Å². The highest BCUT2D eigenvalue weighted by Crippen LogP contribution is 2.28. The molecule has 0 bridgehead atoms. The summed E-state index contributed by atoms with van der Waals surface area (Å²) in [5.41, 5.74) is 0. The number of hydrogen-bond acceptors (Lipinski definition) is 2. The first-order chi connectivity index (χ1) is 7.82. The molecular weight excluding hydrogens is 257 g/mol. The maximum atomic E-state index is 12.3. The van der Waals surface area contributed by atoms with Crippen LogP contribution < -0.4 is 0 Å². The van der Waals surface area contributed by atoms with Crippen LogP contribution in [-0.2, 0) is 15.6 Å². The number of carbonyl (C=O) groups is 1. The molecule has 1 rings (SSSR count). The van der Waals surface area contributed by atoms with Gasteiger partial charge >= 0.3 is 12.1 Å². The average Bonchev–Trinajstić information content (AvgIpc) is 2.24. The van der Waals surface area contributed by atoms with E-state index >= 15 is 0 Å². The van der Waals surface area contributed by atoms with Gasteiger partial charge in [0.15, 0.2) is 5.92 Å². The van der Waals surface area contributed by atoms with E-state index in [0.717, 1.165) is 0 Å².